The molecular weight excluding hydrogens is 240 g/mol. The summed E-state index contributed by atoms with van der Waals surface area (Å²) in [6.45, 7) is 4.59. The predicted octanol–water partition coefficient (Wildman–Crippen LogP) is 1.96. The molecule has 92 valence electrons. The van der Waals surface area contributed by atoms with Crippen LogP contribution in [0.15, 0.2) is 24.3 Å². The number of halogens is 1. The topological polar surface area (TPSA) is 63.4 Å². The molecule has 0 atom stereocenters. The summed E-state index contributed by atoms with van der Waals surface area (Å²) in [5, 5.41) is 0.564. The van der Waals surface area contributed by atoms with Crippen molar-refractivity contribution in [1.29, 1.82) is 0 Å². The van der Waals surface area contributed by atoms with E-state index < -0.39 is 11.4 Å². The van der Waals surface area contributed by atoms with E-state index in [1.165, 1.54) is 11.8 Å². The van der Waals surface area contributed by atoms with Gasteiger partial charge in [0, 0.05) is 17.6 Å². The second-order valence-electron chi connectivity index (χ2n) is 4.25. The lowest BCUT2D eigenvalue weighted by Crippen LogP contribution is -2.55. The largest absolute Gasteiger partial charge is 0.368 e. The molecule has 0 aliphatic carbocycles. The van der Waals surface area contributed by atoms with Crippen LogP contribution < -0.4 is 10.6 Å². The average molecular weight is 255 g/mol. The highest BCUT2D eigenvalue weighted by Crippen LogP contribution is 2.25. The monoisotopic (exact) mass is 254 g/mol. The number of carbonyl (C=O) groups excluding carboxylic acids is 2. The zero-order chi connectivity index (χ0) is 13.2. The number of rotatable bonds is 3. The molecule has 4 nitrogen and oxygen atoms in total. The van der Waals surface area contributed by atoms with E-state index in [9.17, 15) is 9.59 Å². The number of primary amides is 1. The molecule has 0 saturated carbocycles. The fraction of sp³-hybridized carbons (Fsp3) is 0.333. The van der Waals surface area contributed by atoms with Crippen LogP contribution in [0.2, 0.25) is 5.02 Å². The average Bonchev–Trinajstić information content (AvgIpc) is 2.20. The number of amides is 2. The van der Waals surface area contributed by atoms with Crippen molar-refractivity contribution < 1.29 is 9.59 Å². The SMILES string of the molecule is CC(=O)N(c1ccc(Cl)cc1)C(C)(C)C(N)=O. The minimum Gasteiger partial charge on any atom is -0.368 e. The van der Waals surface area contributed by atoms with E-state index in [2.05, 4.69) is 0 Å². The molecule has 0 bridgehead atoms. The van der Waals surface area contributed by atoms with E-state index in [0.717, 1.165) is 0 Å². The molecule has 0 saturated heterocycles. The predicted molar refractivity (Wildman–Crippen MR) is 67.9 cm³/mol. The molecule has 0 unspecified atom stereocenters. The summed E-state index contributed by atoms with van der Waals surface area (Å²) >= 11 is 5.78. The summed E-state index contributed by atoms with van der Waals surface area (Å²) in [5.41, 5.74) is 4.82. The highest BCUT2D eigenvalue weighted by molar-refractivity contribution is 6.30. The van der Waals surface area contributed by atoms with E-state index in [1.807, 2.05) is 0 Å². The first kappa shape index (κ1) is 13.5. The van der Waals surface area contributed by atoms with Crippen LogP contribution in [0, 0.1) is 0 Å². The Morgan fingerprint density at radius 3 is 2.06 bits per heavy atom. The van der Waals surface area contributed by atoms with Gasteiger partial charge in [0.05, 0.1) is 0 Å². The molecule has 0 fully saturated rings. The molecular formula is C12H15ClN2O2. The number of hydrogen-bond donors (Lipinski definition) is 1. The number of carbonyl (C=O) groups is 2. The second-order valence-corrected chi connectivity index (χ2v) is 4.69. The summed E-state index contributed by atoms with van der Waals surface area (Å²) < 4.78 is 0. The van der Waals surface area contributed by atoms with Crippen molar-refractivity contribution in [3.63, 3.8) is 0 Å². The Morgan fingerprint density at radius 2 is 1.71 bits per heavy atom. The van der Waals surface area contributed by atoms with Gasteiger partial charge in [0.1, 0.15) is 5.54 Å². The molecule has 0 spiro atoms. The Balaban J connectivity index is 3.23. The normalized spacial score (nSPS) is 11.1. The molecule has 0 heterocycles. The van der Waals surface area contributed by atoms with Gasteiger partial charge in [-0.2, -0.15) is 0 Å². The van der Waals surface area contributed by atoms with Gasteiger partial charge in [-0.3, -0.25) is 14.5 Å². The summed E-state index contributed by atoms with van der Waals surface area (Å²) in [7, 11) is 0. The number of nitrogens with zero attached hydrogens (tertiary/aromatic N) is 1. The molecule has 0 aliphatic rings. The number of nitrogens with two attached hydrogens (primary N) is 1. The van der Waals surface area contributed by atoms with E-state index in [-0.39, 0.29) is 5.91 Å². The summed E-state index contributed by atoms with van der Waals surface area (Å²) in [5.74, 6) is -0.821. The van der Waals surface area contributed by atoms with Crippen LogP contribution in [-0.2, 0) is 9.59 Å². The van der Waals surface area contributed by atoms with Crippen molar-refractivity contribution in [2.75, 3.05) is 4.90 Å². The third-order valence-electron chi connectivity index (χ3n) is 2.56. The van der Waals surface area contributed by atoms with Crippen LogP contribution in [0.25, 0.3) is 0 Å². The van der Waals surface area contributed by atoms with E-state index in [0.29, 0.717) is 10.7 Å². The maximum Gasteiger partial charge on any atom is 0.243 e. The standard InChI is InChI=1S/C12H15ClN2O2/c1-8(16)15(12(2,3)11(14)17)10-6-4-9(13)5-7-10/h4-7H,1-3H3,(H2,14,17). The van der Waals surface area contributed by atoms with Gasteiger partial charge in [0.25, 0.3) is 0 Å². The lowest BCUT2D eigenvalue weighted by molar-refractivity contribution is -0.126. The van der Waals surface area contributed by atoms with Gasteiger partial charge in [-0.15, -0.1) is 0 Å². The van der Waals surface area contributed by atoms with Crippen molar-refractivity contribution in [3.05, 3.63) is 29.3 Å². The zero-order valence-corrected chi connectivity index (χ0v) is 10.8. The second kappa shape index (κ2) is 4.75. The molecule has 0 radical (unpaired) electrons. The van der Waals surface area contributed by atoms with Crippen LogP contribution >= 0.6 is 11.6 Å². The van der Waals surface area contributed by atoms with E-state index >= 15 is 0 Å². The van der Waals surface area contributed by atoms with Gasteiger partial charge in [0.2, 0.25) is 11.8 Å². The molecule has 5 heteroatoms. The zero-order valence-electron chi connectivity index (χ0n) is 10.0. The molecule has 1 aromatic rings. The van der Waals surface area contributed by atoms with Gasteiger partial charge < -0.3 is 5.73 Å². The molecule has 0 aromatic heterocycles. The van der Waals surface area contributed by atoms with Crippen molar-refractivity contribution in [2.24, 2.45) is 5.73 Å². The fourth-order valence-electron chi connectivity index (χ4n) is 1.60. The molecule has 2 N–H and O–H groups in total. The Bertz CT molecular complexity index is 440. The minimum absolute atomic E-state index is 0.254. The van der Waals surface area contributed by atoms with Crippen molar-refractivity contribution in [3.8, 4) is 0 Å². The number of anilines is 1. The van der Waals surface area contributed by atoms with Crippen LogP contribution in [0.3, 0.4) is 0 Å². The highest BCUT2D eigenvalue weighted by Gasteiger charge is 2.35. The fourth-order valence-corrected chi connectivity index (χ4v) is 1.72. The molecule has 1 aromatic carbocycles. The van der Waals surface area contributed by atoms with Gasteiger partial charge >= 0.3 is 0 Å². The maximum atomic E-state index is 11.7. The summed E-state index contributed by atoms with van der Waals surface area (Å²) in [6.07, 6.45) is 0. The first-order valence-electron chi connectivity index (χ1n) is 5.13. The Kier molecular flexibility index (Phi) is 3.78. The lowest BCUT2D eigenvalue weighted by Gasteiger charge is -2.35. The minimum atomic E-state index is -1.08. The smallest absolute Gasteiger partial charge is 0.243 e. The number of hydrogen-bond acceptors (Lipinski definition) is 2. The van der Waals surface area contributed by atoms with Crippen molar-refractivity contribution >= 4 is 29.1 Å². The molecule has 17 heavy (non-hydrogen) atoms. The van der Waals surface area contributed by atoms with Gasteiger partial charge in [-0.05, 0) is 38.1 Å². The number of benzene rings is 1. The molecule has 1 rings (SSSR count). The first-order chi connectivity index (χ1) is 7.76. The van der Waals surface area contributed by atoms with Crippen molar-refractivity contribution in [1.82, 2.24) is 0 Å². The van der Waals surface area contributed by atoms with Gasteiger partial charge in [-0.25, -0.2) is 0 Å². The highest BCUT2D eigenvalue weighted by atomic mass is 35.5. The molecule has 0 aliphatic heterocycles. The van der Waals surface area contributed by atoms with Gasteiger partial charge in [-0.1, -0.05) is 11.6 Å². The molecule has 2 amide bonds. The summed E-state index contributed by atoms with van der Waals surface area (Å²) in [4.78, 5) is 24.4. The van der Waals surface area contributed by atoms with Gasteiger partial charge in [0.15, 0.2) is 0 Å². The van der Waals surface area contributed by atoms with Crippen LogP contribution in [0.4, 0.5) is 5.69 Å². The Labute approximate surface area is 105 Å². The third kappa shape index (κ3) is 2.77. The van der Waals surface area contributed by atoms with Crippen LogP contribution in [0.1, 0.15) is 20.8 Å². The van der Waals surface area contributed by atoms with E-state index in [1.54, 1.807) is 38.1 Å². The first-order valence-corrected chi connectivity index (χ1v) is 5.51. The lowest BCUT2D eigenvalue weighted by atomic mass is 10.0. The third-order valence-corrected chi connectivity index (χ3v) is 2.81. The van der Waals surface area contributed by atoms with E-state index in [4.69, 9.17) is 17.3 Å². The Morgan fingerprint density at radius 1 is 1.24 bits per heavy atom. The van der Waals surface area contributed by atoms with Crippen LogP contribution in [-0.4, -0.2) is 17.4 Å². The van der Waals surface area contributed by atoms with Crippen LogP contribution in [0.5, 0.6) is 0 Å². The summed E-state index contributed by atoms with van der Waals surface area (Å²) in [6, 6.07) is 6.66. The van der Waals surface area contributed by atoms with Crippen molar-refractivity contribution in [2.45, 2.75) is 26.3 Å². The Hall–Kier alpha value is -1.55. The maximum absolute atomic E-state index is 11.7. The quantitative estimate of drug-likeness (QED) is 0.896.